The zero-order valence-corrected chi connectivity index (χ0v) is 13.3. The van der Waals surface area contributed by atoms with Crippen LogP contribution in [0, 0.1) is 6.92 Å². The minimum absolute atomic E-state index is 0.0185. The minimum atomic E-state index is -0.0185. The summed E-state index contributed by atoms with van der Waals surface area (Å²) in [5.74, 6) is 1.33. The summed E-state index contributed by atoms with van der Waals surface area (Å²) in [4.78, 5) is 12.6. The number of aryl methyl sites for hydroxylation is 1. The number of rotatable bonds is 2. The molecule has 0 fully saturated rings. The molecule has 1 heterocycles. The number of ether oxygens (including phenoxy) is 2. The van der Waals surface area contributed by atoms with Gasteiger partial charge in [-0.3, -0.25) is 4.79 Å². The molecule has 2 aromatic rings. The smallest absolute Gasteiger partial charge is 0.193 e. The van der Waals surface area contributed by atoms with E-state index in [9.17, 15) is 4.79 Å². The van der Waals surface area contributed by atoms with E-state index in [0.29, 0.717) is 35.8 Å². The Morgan fingerprint density at radius 2 is 1.76 bits per heavy atom. The molecule has 1 aliphatic heterocycles. The molecule has 108 valence electrons. The molecule has 0 saturated heterocycles. The quantitative estimate of drug-likeness (QED) is 0.766. The van der Waals surface area contributed by atoms with Crippen molar-refractivity contribution in [2.24, 2.45) is 0 Å². The molecular formula is C17H15BrO3. The Hall–Kier alpha value is -1.81. The highest BCUT2D eigenvalue weighted by atomic mass is 79.9. The standard InChI is InChI=1S/C17H15BrO3/c1-11-7-13(9-14(18)8-11)17(19)12-3-4-15-16(10-12)21-6-2-5-20-15/h3-4,7-10H,2,5-6H2,1H3. The molecule has 0 saturated carbocycles. The van der Waals surface area contributed by atoms with E-state index in [2.05, 4.69) is 15.9 Å². The van der Waals surface area contributed by atoms with Gasteiger partial charge in [0.05, 0.1) is 13.2 Å². The van der Waals surface area contributed by atoms with Crippen LogP contribution in [0.4, 0.5) is 0 Å². The number of carbonyl (C=O) groups is 1. The first kappa shape index (κ1) is 14.1. The molecule has 0 unspecified atom stereocenters. The van der Waals surface area contributed by atoms with Crippen molar-refractivity contribution >= 4 is 21.7 Å². The molecule has 0 bridgehead atoms. The third kappa shape index (κ3) is 3.10. The van der Waals surface area contributed by atoms with Gasteiger partial charge < -0.3 is 9.47 Å². The second-order valence-electron chi connectivity index (χ2n) is 5.06. The van der Waals surface area contributed by atoms with Gasteiger partial charge in [0.2, 0.25) is 0 Å². The lowest BCUT2D eigenvalue weighted by molar-refractivity contribution is 0.103. The molecule has 21 heavy (non-hydrogen) atoms. The van der Waals surface area contributed by atoms with Crippen molar-refractivity contribution in [3.8, 4) is 11.5 Å². The molecule has 4 heteroatoms. The largest absolute Gasteiger partial charge is 0.490 e. The van der Waals surface area contributed by atoms with Crippen LogP contribution in [0.5, 0.6) is 11.5 Å². The second-order valence-corrected chi connectivity index (χ2v) is 5.97. The highest BCUT2D eigenvalue weighted by Gasteiger charge is 2.15. The lowest BCUT2D eigenvalue weighted by Gasteiger charge is -2.09. The minimum Gasteiger partial charge on any atom is -0.490 e. The maximum Gasteiger partial charge on any atom is 0.193 e. The van der Waals surface area contributed by atoms with E-state index in [0.717, 1.165) is 16.5 Å². The average Bonchev–Trinajstić information content (AvgIpc) is 2.69. The number of halogens is 1. The molecule has 2 aromatic carbocycles. The SMILES string of the molecule is Cc1cc(Br)cc(C(=O)c2ccc3c(c2)OCCCO3)c1. The van der Waals surface area contributed by atoms with Crippen molar-refractivity contribution < 1.29 is 14.3 Å². The highest BCUT2D eigenvalue weighted by Crippen LogP contribution is 2.31. The number of fused-ring (bicyclic) bond motifs is 1. The third-order valence-electron chi connectivity index (χ3n) is 3.31. The first-order valence-corrected chi connectivity index (χ1v) is 7.64. The second kappa shape index (κ2) is 5.90. The van der Waals surface area contributed by atoms with Gasteiger partial charge in [0, 0.05) is 22.0 Å². The molecule has 0 amide bonds. The Labute approximate surface area is 132 Å². The topological polar surface area (TPSA) is 35.5 Å². The molecule has 0 aliphatic carbocycles. The fourth-order valence-electron chi connectivity index (χ4n) is 2.34. The van der Waals surface area contributed by atoms with Crippen molar-refractivity contribution in [1.82, 2.24) is 0 Å². The molecule has 1 aliphatic rings. The number of benzene rings is 2. The first-order chi connectivity index (χ1) is 10.1. The van der Waals surface area contributed by atoms with Crippen LogP contribution in [0.2, 0.25) is 0 Å². The molecule has 3 rings (SSSR count). The van der Waals surface area contributed by atoms with Crippen molar-refractivity contribution in [3.05, 3.63) is 57.6 Å². The highest BCUT2D eigenvalue weighted by molar-refractivity contribution is 9.10. The molecule has 3 nitrogen and oxygen atoms in total. The summed E-state index contributed by atoms with van der Waals surface area (Å²) in [6.45, 7) is 3.22. The first-order valence-electron chi connectivity index (χ1n) is 6.85. The van der Waals surface area contributed by atoms with Crippen molar-refractivity contribution in [3.63, 3.8) is 0 Å². The van der Waals surface area contributed by atoms with Crippen LogP contribution in [0.3, 0.4) is 0 Å². The van der Waals surface area contributed by atoms with E-state index >= 15 is 0 Å². The van der Waals surface area contributed by atoms with Gasteiger partial charge in [-0.25, -0.2) is 0 Å². The fraction of sp³-hybridized carbons (Fsp3) is 0.235. The summed E-state index contributed by atoms with van der Waals surface area (Å²) in [5, 5.41) is 0. The van der Waals surface area contributed by atoms with Crippen LogP contribution in [0.25, 0.3) is 0 Å². The van der Waals surface area contributed by atoms with Crippen LogP contribution < -0.4 is 9.47 Å². The molecular weight excluding hydrogens is 332 g/mol. The van der Waals surface area contributed by atoms with Crippen molar-refractivity contribution in [2.45, 2.75) is 13.3 Å². The number of hydrogen-bond acceptors (Lipinski definition) is 3. The number of ketones is 1. The van der Waals surface area contributed by atoms with E-state index < -0.39 is 0 Å². The van der Waals surface area contributed by atoms with Gasteiger partial charge in [-0.1, -0.05) is 15.9 Å². The van der Waals surface area contributed by atoms with E-state index in [4.69, 9.17) is 9.47 Å². The monoisotopic (exact) mass is 346 g/mol. The Morgan fingerprint density at radius 1 is 1.00 bits per heavy atom. The summed E-state index contributed by atoms with van der Waals surface area (Å²) >= 11 is 3.43. The Kier molecular flexibility index (Phi) is 3.97. The molecule has 0 atom stereocenters. The molecule has 0 N–H and O–H groups in total. The molecule has 0 radical (unpaired) electrons. The summed E-state index contributed by atoms with van der Waals surface area (Å²) in [7, 11) is 0. The summed E-state index contributed by atoms with van der Waals surface area (Å²) in [5.41, 5.74) is 2.31. The van der Waals surface area contributed by atoms with Gasteiger partial charge in [-0.2, -0.15) is 0 Å². The maximum absolute atomic E-state index is 12.6. The van der Waals surface area contributed by atoms with Gasteiger partial charge in [0.25, 0.3) is 0 Å². The van der Waals surface area contributed by atoms with E-state index in [1.165, 1.54) is 0 Å². The number of carbonyl (C=O) groups excluding carboxylic acids is 1. The lowest BCUT2D eigenvalue weighted by Crippen LogP contribution is -2.03. The summed E-state index contributed by atoms with van der Waals surface area (Å²) in [6, 6.07) is 11.0. The van der Waals surface area contributed by atoms with E-state index in [1.54, 1.807) is 18.2 Å². The Bertz CT molecular complexity index is 674. The zero-order valence-electron chi connectivity index (χ0n) is 11.7. The predicted octanol–water partition coefficient (Wildman–Crippen LogP) is 4.15. The van der Waals surface area contributed by atoms with E-state index in [-0.39, 0.29) is 5.78 Å². The van der Waals surface area contributed by atoms with Crippen LogP contribution in [-0.4, -0.2) is 19.0 Å². The summed E-state index contributed by atoms with van der Waals surface area (Å²) in [6.07, 6.45) is 0.850. The Morgan fingerprint density at radius 3 is 2.52 bits per heavy atom. The van der Waals surface area contributed by atoms with Crippen molar-refractivity contribution in [1.29, 1.82) is 0 Å². The average molecular weight is 347 g/mol. The van der Waals surface area contributed by atoms with Gasteiger partial charge in [-0.15, -0.1) is 0 Å². The van der Waals surface area contributed by atoms with E-state index in [1.807, 2.05) is 25.1 Å². The van der Waals surface area contributed by atoms with Crippen LogP contribution in [0.1, 0.15) is 27.9 Å². The zero-order chi connectivity index (χ0) is 14.8. The maximum atomic E-state index is 12.6. The molecule has 0 spiro atoms. The van der Waals surface area contributed by atoms with Crippen LogP contribution in [0.15, 0.2) is 40.9 Å². The predicted molar refractivity (Wildman–Crippen MR) is 84.4 cm³/mol. The fourth-order valence-corrected chi connectivity index (χ4v) is 2.95. The normalized spacial score (nSPS) is 13.6. The van der Waals surface area contributed by atoms with Gasteiger partial charge in [-0.05, 0) is 48.9 Å². The van der Waals surface area contributed by atoms with Crippen LogP contribution >= 0.6 is 15.9 Å². The molecule has 0 aromatic heterocycles. The Balaban J connectivity index is 1.96. The van der Waals surface area contributed by atoms with Gasteiger partial charge in [0.1, 0.15) is 0 Å². The summed E-state index contributed by atoms with van der Waals surface area (Å²) < 4.78 is 12.1. The lowest BCUT2D eigenvalue weighted by atomic mass is 10.0. The van der Waals surface area contributed by atoms with Gasteiger partial charge in [0.15, 0.2) is 17.3 Å². The van der Waals surface area contributed by atoms with Gasteiger partial charge >= 0.3 is 0 Å². The van der Waals surface area contributed by atoms with Crippen molar-refractivity contribution in [2.75, 3.05) is 13.2 Å². The third-order valence-corrected chi connectivity index (χ3v) is 3.77. The number of hydrogen-bond donors (Lipinski definition) is 0. The van der Waals surface area contributed by atoms with Crippen LogP contribution in [-0.2, 0) is 0 Å².